The molecule has 164 valence electrons. The van der Waals surface area contributed by atoms with Gasteiger partial charge in [0.15, 0.2) is 0 Å². The minimum atomic E-state index is -4.37. The standard InChI is InChI=1S/C21H18Cl2F3N3OS/c1-2-29(11-18(30)28-19-16(22)4-3-5-17(19)23)10-15-12-31-20(27-15)13-6-8-14(9-7-13)21(24,25)26/h3-9,12H,2,10-11H2,1H3,(H,28,30). The summed E-state index contributed by atoms with van der Waals surface area (Å²) in [5.41, 5.74) is 1.00. The molecule has 0 unspecified atom stereocenters. The summed E-state index contributed by atoms with van der Waals surface area (Å²) in [4.78, 5) is 18.8. The molecule has 2 aromatic carbocycles. The van der Waals surface area contributed by atoms with E-state index in [1.807, 2.05) is 17.2 Å². The molecule has 1 N–H and O–H groups in total. The van der Waals surface area contributed by atoms with Crippen molar-refractivity contribution in [1.82, 2.24) is 9.88 Å². The number of nitrogens with zero attached hydrogens (tertiary/aromatic N) is 2. The average Bonchev–Trinajstić information content (AvgIpc) is 3.18. The Kier molecular flexibility index (Phi) is 7.59. The first-order valence-electron chi connectivity index (χ1n) is 9.25. The Morgan fingerprint density at radius 1 is 1.13 bits per heavy atom. The maximum atomic E-state index is 12.7. The molecule has 3 rings (SSSR count). The molecule has 10 heteroatoms. The third-order valence-electron chi connectivity index (χ3n) is 4.44. The van der Waals surface area contributed by atoms with Crippen LogP contribution in [0.25, 0.3) is 10.6 Å². The van der Waals surface area contributed by atoms with Crippen LogP contribution < -0.4 is 5.32 Å². The summed E-state index contributed by atoms with van der Waals surface area (Å²) in [7, 11) is 0. The Morgan fingerprint density at radius 3 is 2.35 bits per heavy atom. The Hall–Kier alpha value is -2.13. The number of para-hydroxylation sites is 1. The number of hydrogen-bond donors (Lipinski definition) is 1. The molecule has 3 aromatic rings. The van der Waals surface area contributed by atoms with Crippen molar-refractivity contribution >= 4 is 46.1 Å². The summed E-state index contributed by atoms with van der Waals surface area (Å²) in [5, 5.41) is 5.88. The SMILES string of the molecule is CCN(CC(=O)Nc1c(Cl)cccc1Cl)Cc1csc(-c2ccc(C(F)(F)F)cc2)n1. The highest BCUT2D eigenvalue weighted by Gasteiger charge is 2.30. The highest BCUT2D eigenvalue weighted by molar-refractivity contribution is 7.13. The number of amides is 1. The fourth-order valence-corrected chi connectivity index (χ4v) is 4.13. The largest absolute Gasteiger partial charge is 0.416 e. The van der Waals surface area contributed by atoms with Gasteiger partial charge in [0.25, 0.3) is 0 Å². The first-order chi connectivity index (χ1) is 14.7. The molecule has 0 bridgehead atoms. The maximum absolute atomic E-state index is 12.7. The Labute approximate surface area is 191 Å². The van der Waals surface area contributed by atoms with Crippen LogP contribution >= 0.6 is 34.5 Å². The van der Waals surface area contributed by atoms with E-state index < -0.39 is 11.7 Å². The maximum Gasteiger partial charge on any atom is 0.416 e. The Balaban J connectivity index is 1.63. The summed E-state index contributed by atoms with van der Waals surface area (Å²) in [6.07, 6.45) is -4.37. The van der Waals surface area contributed by atoms with Gasteiger partial charge in [0.1, 0.15) is 5.01 Å². The van der Waals surface area contributed by atoms with Crippen molar-refractivity contribution in [3.63, 3.8) is 0 Å². The van der Waals surface area contributed by atoms with Crippen LogP contribution in [0, 0.1) is 0 Å². The highest BCUT2D eigenvalue weighted by Crippen LogP contribution is 2.32. The highest BCUT2D eigenvalue weighted by atomic mass is 35.5. The average molecular weight is 488 g/mol. The molecular formula is C21H18Cl2F3N3OS. The second-order valence-corrected chi connectivity index (χ2v) is 8.34. The molecule has 0 aliphatic carbocycles. The minimum Gasteiger partial charge on any atom is -0.322 e. The van der Waals surface area contributed by atoms with Crippen LogP contribution in [0.5, 0.6) is 0 Å². The van der Waals surface area contributed by atoms with Gasteiger partial charge < -0.3 is 5.32 Å². The number of thiazole rings is 1. The van der Waals surface area contributed by atoms with Crippen molar-refractivity contribution in [2.24, 2.45) is 0 Å². The summed E-state index contributed by atoms with van der Waals surface area (Å²) in [5.74, 6) is -0.268. The van der Waals surface area contributed by atoms with Crippen molar-refractivity contribution in [3.05, 3.63) is 69.1 Å². The van der Waals surface area contributed by atoms with Crippen LogP contribution in [0.15, 0.2) is 47.8 Å². The van der Waals surface area contributed by atoms with E-state index in [2.05, 4.69) is 10.3 Å². The monoisotopic (exact) mass is 487 g/mol. The van der Waals surface area contributed by atoms with Crippen LogP contribution in [-0.2, 0) is 17.5 Å². The lowest BCUT2D eigenvalue weighted by Gasteiger charge is -2.19. The molecular weight excluding hydrogens is 470 g/mol. The van der Waals surface area contributed by atoms with Gasteiger partial charge in [-0.2, -0.15) is 13.2 Å². The lowest BCUT2D eigenvalue weighted by Crippen LogP contribution is -2.33. The fourth-order valence-electron chi connectivity index (χ4n) is 2.82. The van der Waals surface area contributed by atoms with E-state index in [-0.39, 0.29) is 12.5 Å². The van der Waals surface area contributed by atoms with Crippen molar-refractivity contribution < 1.29 is 18.0 Å². The molecule has 0 aliphatic heterocycles. The third kappa shape index (κ3) is 6.20. The molecule has 31 heavy (non-hydrogen) atoms. The van der Waals surface area contributed by atoms with Crippen LogP contribution in [0.3, 0.4) is 0 Å². The first-order valence-corrected chi connectivity index (χ1v) is 10.9. The number of aromatic nitrogens is 1. The van der Waals surface area contributed by atoms with Crippen LogP contribution in [0.2, 0.25) is 10.0 Å². The van der Waals surface area contributed by atoms with Crippen molar-refractivity contribution in [3.8, 4) is 10.6 Å². The normalized spacial score (nSPS) is 11.7. The van der Waals surface area contributed by atoms with Gasteiger partial charge in [0, 0.05) is 17.5 Å². The summed E-state index contributed by atoms with van der Waals surface area (Å²) in [6.45, 7) is 3.03. The quantitative estimate of drug-likeness (QED) is 0.408. The second kappa shape index (κ2) is 9.99. The summed E-state index contributed by atoms with van der Waals surface area (Å²) < 4.78 is 38.2. The molecule has 1 amide bonds. The van der Waals surface area contributed by atoms with Crippen molar-refractivity contribution in [2.75, 3.05) is 18.4 Å². The molecule has 4 nitrogen and oxygen atoms in total. The Morgan fingerprint density at radius 2 is 1.77 bits per heavy atom. The van der Waals surface area contributed by atoms with E-state index in [0.29, 0.717) is 39.4 Å². The zero-order chi connectivity index (χ0) is 22.6. The van der Waals surface area contributed by atoms with E-state index in [9.17, 15) is 18.0 Å². The minimum absolute atomic E-state index is 0.102. The molecule has 1 aromatic heterocycles. The molecule has 0 aliphatic rings. The van der Waals surface area contributed by atoms with E-state index in [0.717, 1.165) is 17.8 Å². The number of halogens is 5. The van der Waals surface area contributed by atoms with Gasteiger partial charge in [-0.25, -0.2) is 4.98 Å². The zero-order valence-electron chi connectivity index (χ0n) is 16.3. The van der Waals surface area contributed by atoms with E-state index in [4.69, 9.17) is 23.2 Å². The first kappa shape index (κ1) is 23.5. The fraction of sp³-hybridized carbons (Fsp3) is 0.238. The van der Waals surface area contributed by atoms with Gasteiger partial charge in [0.2, 0.25) is 5.91 Å². The van der Waals surface area contributed by atoms with E-state index >= 15 is 0 Å². The molecule has 0 spiro atoms. The number of rotatable bonds is 7. The van der Waals surface area contributed by atoms with Gasteiger partial charge in [0.05, 0.1) is 33.5 Å². The predicted octanol–water partition coefficient (Wildman–Crippen LogP) is 6.60. The van der Waals surface area contributed by atoms with Gasteiger partial charge in [-0.05, 0) is 30.8 Å². The molecule has 0 fully saturated rings. The third-order valence-corrected chi connectivity index (χ3v) is 6.01. The van der Waals surface area contributed by atoms with E-state index in [1.54, 1.807) is 18.2 Å². The lowest BCUT2D eigenvalue weighted by molar-refractivity contribution is -0.137. The van der Waals surface area contributed by atoms with Crippen LogP contribution in [0.1, 0.15) is 18.2 Å². The van der Waals surface area contributed by atoms with Gasteiger partial charge >= 0.3 is 6.18 Å². The number of likely N-dealkylation sites (N-methyl/N-ethyl adjacent to an activating group) is 1. The zero-order valence-corrected chi connectivity index (χ0v) is 18.7. The smallest absolute Gasteiger partial charge is 0.322 e. The molecule has 1 heterocycles. The molecule has 0 saturated heterocycles. The topological polar surface area (TPSA) is 45.2 Å². The van der Waals surface area contributed by atoms with Crippen molar-refractivity contribution in [1.29, 1.82) is 0 Å². The molecule has 0 atom stereocenters. The summed E-state index contributed by atoms with van der Waals surface area (Å²) in [6, 6.07) is 9.86. The Bertz CT molecular complexity index is 1030. The van der Waals surface area contributed by atoms with E-state index in [1.165, 1.54) is 23.5 Å². The number of hydrogen-bond acceptors (Lipinski definition) is 4. The molecule has 0 saturated carbocycles. The predicted molar refractivity (Wildman–Crippen MR) is 119 cm³/mol. The van der Waals surface area contributed by atoms with Crippen LogP contribution in [-0.4, -0.2) is 28.9 Å². The number of nitrogens with one attached hydrogen (secondary N) is 1. The number of carbonyl (C=O) groups is 1. The second-order valence-electron chi connectivity index (χ2n) is 6.67. The molecule has 0 radical (unpaired) electrons. The number of carbonyl (C=O) groups excluding carboxylic acids is 1. The van der Waals surface area contributed by atoms with Gasteiger partial charge in [-0.3, -0.25) is 9.69 Å². The number of anilines is 1. The number of alkyl halides is 3. The summed E-state index contributed by atoms with van der Waals surface area (Å²) >= 11 is 13.5. The van der Waals surface area contributed by atoms with Gasteiger partial charge in [-0.15, -0.1) is 11.3 Å². The van der Waals surface area contributed by atoms with Gasteiger partial charge in [-0.1, -0.05) is 48.3 Å². The van der Waals surface area contributed by atoms with Crippen LogP contribution in [0.4, 0.5) is 18.9 Å². The van der Waals surface area contributed by atoms with Crippen molar-refractivity contribution in [2.45, 2.75) is 19.6 Å². The lowest BCUT2D eigenvalue weighted by atomic mass is 10.1. The number of benzene rings is 2.